The number of amides is 1. The Morgan fingerprint density at radius 1 is 1.09 bits per heavy atom. The van der Waals surface area contributed by atoms with Gasteiger partial charge in [-0.1, -0.05) is 18.2 Å². The number of rotatable bonds is 5. The van der Waals surface area contributed by atoms with E-state index < -0.39 is 0 Å². The first kappa shape index (κ1) is 14.2. The number of aromatic amines is 1. The second-order valence-corrected chi connectivity index (χ2v) is 5.20. The highest BCUT2D eigenvalue weighted by molar-refractivity contribution is 5.83. The molecule has 2 N–H and O–H groups in total. The maximum absolute atomic E-state index is 12.0. The molecule has 0 fully saturated rings. The molecule has 0 bridgehead atoms. The van der Waals surface area contributed by atoms with Gasteiger partial charge in [0.1, 0.15) is 5.75 Å². The number of methoxy groups -OCH3 is 1. The minimum absolute atomic E-state index is 0.0192. The summed E-state index contributed by atoms with van der Waals surface area (Å²) >= 11 is 0. The fourth-order valence-corrected chi connectivity index (χ4v) is 2.40. The Hall–Kier alpha value is -2.75. The van der Waals surface area contributed by atoms with Gasteiger partial charge in [-0.3, -0.25) is 4.79 Å². The summed E-state index contributed by atoms with van der Waals surface area (Å²) in [4.78, 5) is 15.2. The molecule has 0 spiro atoms. The van der Waals surface area contributed by atoms with E-state index in [1.54, 1.807) is 7.11 Å². The van der Waals surface area contributed by atoms with Gasteiger partial charge in [-0.15, -0.1) is 0 Å². The predicted octanol–water partition coefficient (Wildman–Crippen LogP) is 3.04. The minimum Gasteiger partial charge on any atom is -0.497 e. The van der Waals surface area contributed by atoms with Gasteiger partial charge in [0, 0.05) is 18.3 Å². The van der Waals surface area contributed by atoms with Crippen molar-refractivity contribution >= 4 is 16.8 Å². The van der Waals surface area contributed by atoms with Gasteiger partial charge in [-0.2, -0.15) is 0 Å². The number of aromatic nitrogens is 1. The first-order chi connectivity index (χ1) is 10.7. The first-order valence-electron chi connectivity index (χ1n) is 7.20. The lowest BCUT2D eigenvalue weighted by Crippen LogP contribution is -2.24. The van der Waals surface area contributed by atoms with Crippen molar-refractivity contribution in [2.75, 3.05) is 7.11 Å². The van der Waals surface area contributed by atoms with Gasteiger partial charge in [0.05, 0.1) is 13.5 Å². The van der Waals surface area contributed by atoms with Crippen LogP contribution in [0.25, 0.3) is 10.9 Å². The van der Waals surface area contributed by atoms with Crippen molar-refractivity contribution in [3.05, 3.63) is 65.9 Å². The van der Waals surface area contributed by atoms with Crippen LogP contribution in [0, 0.1) is 0 Å². The Balaban J connectivity index is 1.57. The summed E-state index contributed by atoms with van der Waals surface area (Å²) in [5.74, 6) is 0.834. The van der Waals surface area contributed by atoms with E-state index in [1.165, 1.54) is 0 Å². The van der Waals surface area contributed by atoms with Crippen LogP contribution in [0.1, 0.15) is 11.1 Å². The summed E-state index contributed by atoms with van der Waals surface area (Å²) < 4.78 is 5.11. The lowest BCUT2D eigenvalue weighted by atomic mass is 10.1. The molecule has 0 radical (unpaired) electrons. The summed E-state index contributed by atoms with van der Waals surface area (Å²) in [6.07, 6.45) is 2.29. The van der Waals surface area contributed by atoms with Crippen LogP contribution in [-0.2, 0) is 17.8 Å². The van der Waals surface area contributed by atoms with Crippen LogP contribution < -0.4 is 10.1 Å². The zero-order chi connectivity index (χ0) is 15.4. The molecule has 0 saturated carbocycles. The van der Waals surface area contributed by atoms with Crippen LogP contribution in [0.5, 0.6) is 5.75 Å². The fourth-order valence-electron chi connectivity index (χ4n) is 2.40. The molecule has 4 heteroatoms. The van der Waals surface area contributed by atoms with E-state index in [0.29, 0.717) is 13.0 Å². The van der Waals surface area contributed by atoms with Gasteiger partial charge in [0.15, 0.2) is 0 Å². The molecule has 112 valence electrons. The normalized spacial score (nSPS) is 10.6. The Morgan fingerprint density at radius 2 is 1.86 bits per heavy atom. The number of hydrogen-bond acceptors (Lipinski definition) is 2. The van der Waals surface area contributed by atoms with Crippen molar-refractivity contribution in [3.63, 3.8) is 0 Å². The molecule has 0 atom stereocenters. The van der Waals surface area contributed by atoms with Crippen molar-refractivity contribution in [1.82, 2.24) is 10.3 Å². The molecular weight excluding hydrogens is 276 g/mol. The smallest absolute Gasteiger partial charge is 0.224 e. The third-order valence-electron chi connectivity index (χ3n) is 3.63. The van der Waals surface area contributed by atoms with E-state index >= 15 is 0 Å². The second kappa shape index (κ2) is 6.35. The highest BCUT2D eigenvalue weighted by Crippen LogP contribution is 2.15. The van der Waals surface area contributed by atoms with Crippen LogP contribution in [0.4, 0.5) is 0 Å². The van der Waals surface area contributed by atoms with Gasteiger partial charge in [0.25, 0.3) is 0 Å². The summed E-state index contributed by atoms with van der Waals surface area (Å²) in [6, 6.07) is 15.7. The maximum atomic E-state index is 12.0. The quantitative estimate of drug-likeness (QED) is 0.760. The second-order valence-electron chi connectivity index (χ2n) is 5.20. The fraction of sp³-hybridized carbons (Fsp3) is 0.167. The number of nitrogens with one attached hydrogen (secondary N) is 2. The highest BCUT2D eigenvalue weighted by Gasteiger charge is 2.05. The monoisotopic (exact) mass is 294 g/mol. The summed E-state index contributed by atoms with van der Waals surface area (Å²) in [7, 11) is 1.64. The van der Waals surface area contributed by atoms with Gasteiger partial charge in [0.2, 0.25) is 5.91 Å². The molecular formula is C18H18N2O2. The third-order valence-corrected chi connectivity index (χ3v) is 3.63. The van der Waals surface area contributed by atoms with Gasteiger partial charge >= 0.3 is 0 Å². The van der Waals surface area contributed by atoms with E-state index in [0.717, 1.165) is 27.8 Å². The number of benzene rings is 2. The Morgan fingerprint density at radius 3 is 2.64 bits per heavy atom. The molecule has 0 unspecified atom stereocenters. The van der Waals surface area contributed by atoms with Crippen molar-refractivity contribution in [2.45, 2.75) is 13.0 Å². The van der Waals surface area contributed by atoms with E-state index in [-0.39, 0.29) is 5.91 Å². The SMILES string of the molecule is COc1ccc(CNC(=O)Cc2ccc3[nH]ccc3c2)cc1. The largest absolute Gasteiger partial charge is 0.497 e. The molecule has 2 aromatic carbocycles. The molecule has 0 saturated heterocycles. The van der Waals surface area contributed by atoms with Gasteiger partial charge in [-0.25, -0.2) is 0 Å². The van der Waals surface area contributed by atoms with Gasteiger partial charge < -0.3 is 15.0 Å². The van der Waals surface area contributed by atoms with E-state index in [9.17, 15) is 4.79 Å². The summed E-state index contributed by atoms with van der Waals surface area (Å²) in [6.45, 7) is 0.523. The number of carbonyl (C=O) groups is 1. The topological polar surface area (TPSA) is 54.1 Å². The van der Waals surface area contributed by atoms with E-state index in [4.69, 9.17) is 4.74 Å². The molecule has 22 heavy (non-hydrogen) atoms. The average molecular weight is 294 g/mol. The molecule has 1 amide bonds. The minimum atomic E-state index is 0.0192. The third kappa shape index (κ3) is 3.28. The molecule has 4 nitrogen and oxygen atoms in total. The molecule has 0 aliphatic carbocycles. The zero-order valence-electron chi connectivity index (χ0n) is 12.4. The Kier molecular flexibility index (Phi) is 4.10. The van der Waals surface area contributed by atoms with Crippen LogP contribution in [0.3, 0.4) is 0 Å². The lowest BCUT2D eigenvalue weighted by Gasteiger charge is -2.07. The number of hydrogen-bond donors (Lipinski definition) is 2. The van der Waals surface area contributed by atoms with Gasteiger partial charge in [-0.05, 0) is 46.8 Å². The van der Waals surface area contributed by atoms with E-state index in [2.05, 4.69) is 10.3 Å². The summed E-state index contributed by atoms with van der Waals surface area (Å²) in [5.41, 5.74) is 3.15. The van der Waals surface area contributed by atoms with Crippen LogP contribution in [0.2, 0.25) is 0 Å². The van der Waals surface area contributed by atoms with Crippen molar-refractivity contribution in [2.24, 2.45) is 0 Å². The maximum Gasteiger partial charge on any atom is 0.224 e. The molecule has 3 aromatic rings. The molecule has 0 aliphatic rings. The van der Waals surface area contributed by atoms with Crippen LogP contribution >= 0.6 is 0 Å². The van der Waals surface area contributed by atoms with Crippen LogP contribution in [0.15, 0.2) is 54.7 Å². The van der Waals surface area contributed by atoms with Crippen molar-refractivity contribution in [1.29, 1.82) is 0 Å². The van der Waals surface area contributed by atoms with Crippen molar-refractivity contribution < 1.29 is 9.53 Å². The van der Waals surface area contributed by atoms with Crippen molar-refractivity contribution in [3.8, 4) is 5.75 Å². The standard InChI is InChI=1S/C18H18N2O2/c1-22-16-5-2-13(3-6-16)12-20-18(21)11-14-4-7-17-15(10-14)8-9-19-17/h2-10,19H,11-12H2,1H3,(H,20,21). The Bertz CT molecular complexity index is 775. The number of fused-ring (bicyclic) bond motifs is 1. The average Bonchev–Trinajstić information content (AvgIpc) is 3.01. The zero-order valence-corrected chi connectivity index (χ0v) is 12.4. The predicted molar refractivity (Wildman–Crippen MR) is 86.8 cm³/mol. The lowest BCUT2D eigenvalue weighted by molar-refractivity contribution is -0.120. The highest BCUT2D eigenvalue weighted by atomic mass is 16.5. The molecule has 3 rings (SSSR count). The number of carbonyl (C=O) groups excluding carboxylic acids is 1. The molecule has 1 heterocycles. The Labute approximate surface area is 129 Å². The van der Waals surface area contributed by atoms with Crippen LogP contribution in [-0.4, -0.2) is 18.0 Å². The number of ether oxygens (including phenoxy) is 1. The molecule has 0 aliphatic heterocycles. The molecule has 1 aromatic heterocycles. The van der Waals surface area contributed by atoms with E-state index in [1.807, 2.05) is 54.7 Å². The summed E-state index contributed by atoms with van der Waals surface area (Å²) in [5, 5.41) is 4.06. The number of H-pyrrole nitrogens is 1. The first-order valence-corrected chi connectivity index (χ1v) is 7.20.